The minimum Gasteiger partial charge on any atom is -0.302 e. The number of rotatable bonds is 6. The zero-order valence-electron chi connectivity index (χ0n) is 12.7. The quantitative estimate of drug-likeness (QED) is 0.646. The molecule has 8 heteroatoms. The van der Waals surface area contributed by atoms with Crippen LogP contribution in [0.15, 0.2) is 29.4 Å². The molecule has 0 saturated heterocycles. The predicted molar refractivity (Wildman–Crippen MR) is 88.7 cm³/mol. The minimum atomic E-state index is -0.0753. The van der Waals surface area contributed by atoms with Crippen molar-refractivity contribution in [2.45, 2.75) is 18.6 Å². The van der Waals surface area contributed by atoms with E-state index < -0.39 is 0 Å². The van der Waals surface area contributed by atoms with Gasteiger partial charge in [0, 0.05) is 31.2 Å². The summed E-state index contributed by atoms with van der Waals surface area (Å²) >= 11 is 7.27. The fourth-order valence-corrected chi connectivity index (χ4v) is 2.83. The van der Waals surface area contributed by atoms with Gasteiger partial charge in [-0.3, -0.25) is 10.2 Å². The van der Waals surface area contributed by atoms with Crippen LogP contribution in [0, 0.1) is 0 Å². The third-order valence-electron chi connectivity index (χ3n) is 2.82. The van der Waals surface area contributed by atoms with E-state index in [0.29, 0.717) is 5.02 Å². The highest BCUT2D eigenvalue weighted by Crippen LogP contribution is 2.24. The molecule has 0 aliphatic heterocycles. The number of amides is 1. The van der Waals surface area contributed by atoms with Gasteiger partial charge in [0.15, 0.2) is 11.0 Å². The summed E-state index contributed by atoms with van der Waals surface area (Å²) in [6.45, 7) is 2.75. The molecule has 0 spiro atoms. The van der Waals surface area contributed by atoms with Crippen LogP contribution in [0.5, 0.6) is 0 Å². The van der Waals surface area contributed by atoms with Crippen LogP contribution in [-0.2, 0) is 11.3 Å². The maximum Gasteiger partial charge on any atom is 0.244 e. The second kappa shape index (κ2) is 7.62. The molecule has 0 saturated carbocycles. The highest BCUT2D eigenvalue weighted by molar-refractivity contribution is 7.99. The van der Waals surface area contributed by atoms with Gasteiger partial charge in [-0.1, -0.05) is 23.4 Å². The zero-order valence-corrected chi connectivity index (χ0v) is 14.3. The van der Waals surface area contributed by atoms with E-state index in [1.807, 2.05) is 35.8 Å². The molecule has 1 amide bonds. The molecule has 0 bridgehead atoms. The van der Waals surface area contributed by atoms with E-state index in [9.17, 15) is 4.79 Å². The minimum absolute atomic E-state index is 0.0753. The van der Waals surface area contributed by atoms with Crippen LogP contribution < -0.4 is 5.43 Å². The van der Waals surface area contributed by atoms with Crippen molar-refractivity contribution in [2.75, 3.05) is 19.8 Å². The van der Waals surface area contributed by atoms with E-state index >= 15 is 0 Å². The Balaban J connectivity index is 2.14. The lowest BCUT2D eigenvalue weighted by Gasteiger charge is -2.11. The van der Waals surface area contributed by atoms with Gasteiger partial charge < -0.3 is 4.57 Å². The number of hydrazine groups is 1. The normalized spacial score (nSPS) is 11.0. The van der Waals surface area contributed by atoms with Crippen LogP contribution in [0.25, 0.3) is 11.4 Å². The van der Waals surface area contributed by atoms with Crippen molar-refractivity contribution in [3.8, 4) is 11.4 Å². The Morgan fingerprint density at radius 1 is 1.32 bits per heavy atom. The van der Waals surface area contributed by atoms with Gasteiger partial charge in [-0.15, -0.1) is 10.2 Å². The van der Waals surface area contributed by atoms with Crippen LogP contribution in [0.2, 0.25) is 5.02 Å². The number of hydrogen-bond donors (Lipinski definition) is 1. The summed E-state index contributed by atoms with van der Waals surface area (Å²) in [7, 11) is 3.55. The molecule has 0 atom stereocenters. The Hall–Kier alpha value is -1.57. The summed E-state index contributed by atoms with van der Waals surface area (Å²) in [5, 5.41) is 11.4. The molecule has 118 valence electrons. The Labute approximate surface area is 138 Å². The Bertz CT molecular complexity index is 641. The first-order valence-corrected chi connectivity index (χ1v) is 8.16. The summed E-state index contributed by atoms with van der Waals surface area (Å²) in [5.74, 6) is 0.986. The number of benzene rings is 1. The van der Waals surface area contributed by atoms with E-state index in [-0.39, 0.29) is 11.7 Å². The van der Waals surface area contributed by atoms with Crippen LogP contribution in [0.4, 0.5) is 0 Å². The first-order chi connectivity index (χ1) is 10.5. The summed E-state index contributed by atoms with van der Waals surface area (Å²) in [6.07, 6.45) is 0. The van der Waals surface area contributed by atoms with Gasteiger partial charge in [0.05, 0.1) is 5.75 Å². The lowest BCUT2D eigenvalue weighted by molar-refractivity contribution is -0.122. The molecule has 0 unspecified atom stereocenters. The van der Waals surface area contributed by atoms with Crippen LogP contribution in [0.1, 0.15) is 6.92 Å². The second-order valence-electron chi connectivity index (χ2n) is 4.78. The van der Waals surface area contributed by atoms with Gasteiger partial charge >= 0.3 is 0 Å². The van der Waals surface area contributed by atoms with Crippen molar-refractivity contribution >= 4 is 29.3 Å². The topological polar surface area (TPSA) is 63.1 Å². The zero-order chi connectivity index (χ0) is 16.1. The number of thioether (sulfide) groups is 1. The van der Waals surface area contributed by atoms with Crippen molar-refractivity contribution < 1.29 is 4.79 Å². The van der Waals surface area contributed by atoms with Gasteiger partial charge in [0.1, 0.15) is 0 Å². The third-order valence-corrected chi connectivity index (χ3v) is 4.03. The average molecular weight is 340 g/mol. The number of carbonyl (C=O) groups excluding carboxylic acids is 1. The van der Waals surface area contributed by atoms with Crippen LogP contribution >= 0.6 is 23.4 Å². The summed E-state index contributed by atoms with van der Waals surface area (Å²) in [5.41, 5.74) is 3.64. The molecule has 0 fully saturated rings. The molecule has 2 rings (SSSR count). The molecule has 1 heterocycles. The standard InChI is InChI=1S/C14H18ClN5OS/c1-4-20-13(10-5-7-11(15)8-6-10)16-17-14(20)22-9-12(21)18-19(2)3/h5-8H,4,9H2,1-3H3,(H,18,21). The average Bonchev–Trinajstić information content (AvgIpc) is 2.88. The van der Waals surface area contributed by atoms with E-state index in [1.165, 1.54) is 11.8 Å². The molecule has 6 nitrogen and oxygen atoms in total. The summed E-state index contributed by atoms with van der Waals surface area (Å²) in [4.78, 5) is 11.7. The predicted octanol–water partition coefficient (Wildman–Crippen LogP) is 2.30. The summed E-state index contributed by atoms with van der Waals surface area (Å²) < 4.78 is 1.98. The number of nitrogens with one attached hydrogen (secondary N) is 1. The monoisotopic (exact) mass is 339 g/mol. The van der Waals surface area contributed by atoms with Crippen molar-refractivity contribution in [3.63, 3.8) is 0 Å². The summed E-state index contributed by atoms with van der Waals surface area (Å²) in [6, 6.07) is 7.46. The molecule has 1 aromatic heterocycles. The number of aromatic nitrogens is 3. The first-order valence-electron chi connectivity index (χ1n) is 6.80. The van der Waals surface area contributed by atoms with Crippen molar-refractivity contribution in [3.05, 3.63) is 29.3 Å². The van der Waals surface area contributed by atoms with Crippen molar-refractivity contribution in [1.82, 2.24) is 25.2 Å². The molecular formula is C14H18ClN5OS. The Morgan fingerprint density at radius 3 is 2.59 bits per heavy atom. The maximum atomic E-state index is 11.7. The fraction of sp³-hybridized carbons (Fsp3) is 0.357. The largest absolute Gasteiger partial charge is 0.302 e. The van der Waals surface area contributed by atoms with Crippen LogP contribution in [0.3, 0.4) is 0 Å². The number of hydrogen-bond acceptors (Lipinski definition) is 5. The van der Waals surface area contributed by atoms with Gasteiger partial charge in [0.25, 0.3) is 0 Å². The molecule has 1 aromatic carbocycles. The molecule has 2 aromatic rings. The molecule has 0 aliphatic rings. The molecule has 22 heavy (non-hydrogen) atoms. The smallest absolute Gasteiger partial charge is 0.244 e. The molecule has 0 radical (unpaired) electrons. The number of halogens is 1. The molecule has 1 N–H and O–H groups in total. The van der Waals surface area contributed by atoms with E-state index in [2.05, 4.69) is 15.6 Å². The Kier molecular flexibility index (Phi) is 5.82. The Morgan fingerprint density at radius 2 is 2.00 bits per heavy atom. The number of carbonyl (C=O) groups is 1. The fourth-order valence-electron chi connectivity index (χ4n) is 1.90. The molecular weight excluding hydrogens is 322 g/mol. The van der Waals surface area contributed by atoms with Crippen molar-refractivity contribution in [1.29, 1.82) is 0 Å². The van der Waals surface area contributed by atoms with Gasteiger partial charge in [-0.2, -0.15) is 0 Å². The van der Waals surface area contributed by atoms with Gasteiger partial charge in [0.2, 0.25) is 5.91 Å². The van der Waals surface area contributed by atoms with Crippen molar-refractivity contribution in [2.24, 2.45) is 0 Å². The SMILES string of the molecule is CCn1c(SCC(=O)NN(C)C)nnc1-c1ccc(Cl)cc1. The van der Waals surface area contributed by atoms with E-state index in [0.717, 1.165) is 23.1 Å². The highest BCUT2D eigenvalue weighted by atomic mass is 35.5. The lowest BCUT2D eigenvalue weighted by Crippen LogP contribution is -2.37. The number of nitrogens with zero attached hydrogens (tertiary/aromatic N) is 4. The van der Waals surface area contributed by atoms with E-state index in [1.54, 1.807) is 19.1 Å². The second-order valence-corrected chi connectivity index (χ2v) is 6.15. The third kappa shape index (κ3) is 4.22. The van der Waals surface area contributed by atoms with Crippen LogP contribution in [-0.4, -0.2) is 45.5 Å². The van der Waals surface area contributed by atoms with Gasteiger partial charge in [-0.25, -0.2) is 5.01 Å². The maximum absolute atomic E-state index is 11.7. The van der Waals surface area contributed by atoms with Gasteiger partial charge in [-0.05, 0) is 31.2 Å². The lowest BCUT2D eigenvalue weighted by atomic mass is 10.2. The first kappa shape index (κ1) is 16.8. The molecule has 0 aliphatic carbocycles. The van der Waals surface area contributed by atoms with E-state index in [4.69, 9.17) is 11.6 Å². The highest BCUT2D eigenvalue weighted by Gasteiger charge is 2.14.